The molecule has 0 aromatic heterocycles. The summed E-state index contributed by atoms with van der Waals surface area (Å²) in [5, 5.41) is 8.03. The zero-order valence-corrected chi connectivity index (χ0v) is 32.1. The van der Waals surface area contributed by atoms with Gasteiger partial charge in [-0.25, -0.2) is 0 Å². The standard InChI is InChI=1S/C46H46N3O5P/c1-53-45(50)43(46(51)54-2)44(36-28-26-33(27-29-36)32-14-4-3-5-15-32)47-55(52)48(30-37-20-12-18-34-16-6-8-22-39(34)37)41-24-10-11-25-42(41)49(55)31-38-21-13-19-35-17-7-9-23-40(35)38/h3-9,12-23,26-29,41-44H,10-11,24-25,30-31H2,1-2H3,(H,47,52)/t41-,42-,44+/m1/s1. The number of nitrogens with one attached hydrogen (secondary N) is 1. The summed E-state index contributed by atoms with van der Waals surface area (Å²) >= 11 is 0. The lowest BCUT2D eigenvalue weighted by Crippen LogP contribution is -2.48. The molecule has 2 fully saturated rings. The van der Waals surface area contributed by atoms with E-state index in [1.165, 1.54) is 14.2 Å². The fourth-order valence-corrected chi connectivity index (χ4v) is 12.1. The van der Waals surface area contributed by atoms with E-state index in [2.05, 4.69) is 75.1 Å². The van der Waals surface area contributed by atoms with Crippen LogP contribution in [0.5, 0.6) is 0 Å². The molecule has 0 unspecified atom stereocenters. The van der Waals surface area contributed by atoms with Crippen LogP contribution >= 0.6 is 7.94 Å². The molecule has 1 heterocycles. The third kappa shape index (κ3) is 7.17. The Bertz CT molecular complexity index is 2180. The third-order valence-corrected chi connectivity index (χ3v) is 14.4. The molecule has 8 nitrogen and oxygen atoms in total. The molecule has 1 saturated carbocycles. The number of carbonyl (C=O) groups is 2. The molecule has 1 aliphatic heterocycles. The van der Waals surface area contributed by atoms with Crippen LogP contribution in [-0.2, 0) is 32.2 Å². The Morgan fingerprint density at radius 3 is 1.60 bits per heavy atom. The lowest BCUT2D eigenvalue weighted by atomic mass is 9.89. The summed E-state index contributed by atoms with van der Waals surface area (Å²) in [4.78, 5) is 44.2. The molecule has 3 atom stereocenters. The van der Waals surface area contributed by atoms with E-state index in [9.17, 15) is 9.59 Å². The maximum absolute atomic E-state index is 16.8. The second-order valence-electron chi connectivity index (χ2n) is 14.6. The van der Waals surface area contributed by atoms with Gasteiger partial charge in [-0.3, -0.25) is 9.59 Å². The molecule has 0 spiro atoms. The number of hydrogen-bond donors (Lipinski definition) is 1. The first-order valence-corrected chi connectivity index (χ1v) is 20.7. The Morgan fingerprint density at radius 1 is 0.636 bits per heavy atom. The highest BCUT2D eigenvalue weighted by Gasteiger charge is 2.61. The third-order valence-electron chi connectivity index (χ3n) is 11.5. The zero-order valence-electron chi connectivity index (χ0n) is 31.2. The molecule has 1 saturated heterocycles. The molecule has 2 aliphatic rings. The zero-order chi connectivity index (χ0) is 37.9. The van der Waals surface area contributed by atoms with Gasteiger partial charge in [0.25, 0.3) is 0 Å². The number of rotatable bonds is 11. The number of ether oxygens (including phenoxy) is 2. The van der Waals surface area contributed by atoms with Crippen molar-refractivity contribution < 1.29 is 24.0 Å². The predicted octanol–water partition coefficient (Wildman–Crippen LogP) is 8.62. The molecule has 280 valence electrons. The second kappa shape index (κ2) is 16.0. The minimum atomic E-state index is -3.83. The van der Waals surface area contributed by atoms with E-state index < -0.39 is 31.8 Å². The van der Waals surface area contributed by atoms with E-state index in [1.54, 1.807) is 0 Å². The Labute approximate surface area is 323 Å². The van der Waals surface area contributed by atoms with Crippen LogP contribution in [0.2, 0.25) is 0 Å². The highest BCUT2D eigenvalue weighted by atomic mass is 31.2. The van der Waals surface area contributed by atoms with Gasteiger partial charge in [-0.15, -0.1) is 9.34 Å². The van der Waals surface area contributed by atoms with Crippen LogP contribution in [0.3, 0.4) is 0 Å². The highest BCUT2D eigenvalue weighted by Crippen LogP contribution is 2.66. The van der Waals surface area contributed by atoms with Crippen LogP contribution in [0.1, 0.15) is 48.4 Å². The van der Waals surface area contributed by atoms with Gasteiger partial charge in [0.05, 0.1) is 45.4 Å². The summed E-state index contributed by atoms with van der Waals surface area (Å²) in [6, 6.07) is 45.8. The Morgan fingerprint density at radius 2 is 1.09 bits per heavy atom. The SMILES string of the molecule is COC(=O)C(C(=O)OC)[C@@H](N[P+]1([O-])N(Cc2cccc3ccccc23)[C@@H]2CCCC[C@H]2N1Cc1cccc2ccccc12)c1ccc(-c2ccccc2)cc1. The molecule has 6 aromatic carbocycles. The van der Waals surface area contributed by atoms with Crippen LogP contribution in [-0.4, -0.2) is 47.6 Å². The minimum Gasteiger partial charge on any atom is -0.636 e. The van der Waals surface area contributed by atoms with Crippen molar-refractivity contribution in [2.24, 2.45) is 5.92 Å². The van der Waals surface area contributed by atoms with Crippen molar-refractivity contribution in [2.75, 3.05) is 14.2 Å². The quantitative estimate of drug-likeness (QED) is 0.0800. The largest absolute Gasteiger partial charge is 0.636 e. The molecule has 1 N–H and O–H groups in total. The van der Waals surface area contributed by atoms with E-state index in [0.717, 1.165) is 69.5 Å². The van der Waals surface area contributed by atoms with Gasteiger partial charge in [0, 0.05) is 0 Å². The summed E-state index contributed by atoms with van der Waals surface area (Å²) in [5.74, 6) is -2.95. The van der Waals surface area contributed by atoms with Crippen molar-refractivity contribution in [3.8, 4) is 11.1 Å². The first-order valence-electron chi connectivity index (χ1n) is 19.1. The molecule has 6 aromatic rings. The molecule has 1 aliphatic carbocycles. The summed E-state index contributed by atoms with van der Waals surface area (Å²) in [7, 11) is -1.30. The van der Waals surface area contributed by atoms with Crippen LogP contribution in [0, 0.1) is 5.92 Å². The predicted molar refractivity (Wildman–Crippen MR) is 217 cm³/mol. The van der Waals surface area contributed by atoms with Gasteiger partial charge < -0.3 is 14.4 Å². The Balaban J connectivity index is 1.29. The highest BCUT2D eigenvalue weighted by molar-refractivity contribution is 7.62. The summed E-state index contributed by atoms with van der Waals surface area (Å²) < 4.78 is 14.9. The lowest BCUT2D eigenvalue weighted by Gasteiger charge is -2.43. The number of carbonyl (C=O) groups excluding carboxylic acids is 2. The second-order valence-corrected chi connectivity index (χ2v) is 16.9. The van der Waals surface area contributed by atoms with Crippen LogP contribution in [0.4, 0.5) is 0 Å². The summed E-state index contributed by atoms with van der Waals surface area (Å²) in [6.45, 7) is 0.833. The molecule has 8 rings (SSSR count). The van der Waals surface area contributed by atoms with Crippen LogP contribution in [0.15, 0.2) is 140 Å². The van der Waals surface area contributed by atoms with Gasteiger partial charge in [-0.1, -0.05) is 152 Å². The van der Waals surface area contributed by atoms with Crippen LogP contribution < -0.4 is 9.98 Å². The number of fused-ring (bicyclic) bond motifs is 3. The first kappa shape index (κ1) is 37.0. The van der Waals surface area contributed by atoms with Gasteiger partial charge in [0.2, 0.25) is 0 Å². The van der Waals surface area contributed by atoms with Crippen molar-refractivity contribution >= 4 is 41.4 Å². The maximum Gasteiger partial charge on any atom is 0.322 e. The van der Waals surface area contributed by atoms with Crippen molar-refractivity contribution in [1.82, 2.24) is 14.4 Å². The van der Waals surface area contributed by atoms with E-state index in [1.807, 2.05) is 78.9 Å². The van der Waals surface area contributed by atoms with Gasteiger partial charge in [-0.2, -0.15) is 5.09 Å². The average molecular weight is 752 g/mol. The minimum absolute atomic E-state index is 0.0307. The first-order chi connectivity index (χ1) is 26.9. The molecule has 0 bridgehead atoms. The van der Waals surface area contributed by atoms with E-state index >= 15 is 4.89 Å². The fraction of sp³-hybridized carbons (Fsp3) is 0.261. The number of nitrogens with zero attached hydrogens (tertiary/aromatic N) is 2. The number of benzene rings is 6. The normalized spacial score (nSPS) is 19.0. The monoisotopic (exact) mass is 751 g/mol. The van der Waals surface area contributed by atoms with Crippen molar-refractivity contribution in [3.63, 3.8) is 0 Å². The molecule has 9 heteroatoms. The van der Waals surface area contributed by atoms with E-state index in [-0.39, 0.29) is 12.1 Å². The van der Waals surface area contributed by atoms with Crippen LogP contribution in [0.25, 0.3) is 32.7 Å². The van der Waals surface area contributed by atoms with Gasteiger partial charge in [0.15, 0.2) is 13.9 Å². The number of hydrogen-bond acceptors (Lipinski definition) is 8. The van der Waals surface area contributed by atoms with Crippen molar-refractivity contribution in [1.29, 1.82) is 0 Å². The number of methoxy groups -OCH3 is 2. The van der Waals surface area contributed by atoms with Gasteiger partial charge in [0.1, 0.15) is 0 Å². The van der Waals surface area contributed by atoms with Crippen molar-refractivity contribution in [3.05, 3.63) is 156 Å². The summed E-state index contributed by atoms with van der Waals surface area (Å²) in [5.41, 5.74) is 4.77. The van der Waals surface area contributed by atoms with E-state index in [4.69, 9.17) is 9.47 Å². The molecular weight excluding hydrogens is 705 g/mol. The fourth-order valence-electron chi connectivity index (χ4n) is 8.78. The van der Waals surface area contributed by atoms with Gasteiger partial charge >= 0.3 is 11.9 Å². The lowest BCUT2D eigenvalue weighted by molar-refractivity contribution is -0.197. The topological polar surface area (TPSA) is 94.2 Å². The van der Waals surface area contributed by atoms with Crippen molar-refractivity contribution in [2.45, 2.75) is 56.9 Å². The molecular formula is C46H46N3O5P. The summed E-state index contributed by atoms with van der Waals surface area (Å²) in [6.07, 6.45) is 3.79. The molecule has 0 radical (unpaired) electrons. The Hall–Kier alpha value is -4.95. The maximum atomic E-state index is 16.8. The Kier molecular flexibility index (Phi) is 10.8. The molecule has 55 heavy (non-hydrogen) atoms. The van der Waals surface area contributed by atoms with Gasteiger partial charge in [-0.05, 0) is 62.2 Å². The molecule has 0 amide bonds. The smallest absolute Gasteiger partial charge is 0.322 e. The average Bonchev–Trinajstić information content (AvgIpc) is 3.46. The number of esters is 2. The van der Waals surface area contributed by atoms with E-state index in [0.29, 0.717) is 18.7 Å².